The van der Waals surface area contributed by atoms with Gasteiger partial charge in [0.15, 0.2) is 0 Å². The van der Waals surface area contributed by atoms with Crippen LogP contribution in [0.1, 0.15) is 12.3 Å². The van der Waals surface area contributed by atoms with Crippen LogP contribution in [0.2, 0.25) is 5.02 Å². The largest absolute Gasteiger partial charge is 0.419 e. The van der Waals surface area contributed by atoms with Crippen LogP contribution in [0.5, 0.6) is 0 Å². The van der Waals surface area contributed by atoms with Crippen LogP contribution < -0.4 is 0 Å². The first kappa shape index (κ1) is 15.4. The summed E-state index contributed by atoms with van der Waals surface area (Å²) in [4.78, 5) is 2.10. The minimum atomic E-state index is 0.0561. The number of aliphatic hydroxyl groups excluding tert-OH is 1. The summed E-state index contributed by atoms with van der Waals surface area (Å²) in [6, 6.07) is 7.40. The molecule has 0 unspecified atom stereocenters. The van der Waals surface area contributed by atoms with E-state index < -0.39 is 0 Å². The van der Waals surface area contributed by atoms with Gasteiger partial charge in [-0.15, -0.1) is 10.2 Å². The Labute approximate surface area is 133 Å². The number of aromatic nitrogens is 2. The van der Waals surface area contributed by atoms with Gasteiger partial charge in [0.1, 0.15) is 0 Å². The zero-order valence-corrected chi connectivity index (χ0v) is 13.0. The third-order valence-electron chi connectivity index (χ3n) is 3.94. The minimum Gasteiger partial charge on any atom is -0.419 e. The topological polar surface area (TPSA) is 71.6 Å². The van der Waals surface area contributed by atoms with Crippen molar-refractivity contribution >= 4 is 11.6 Å². The van der Waals surface area contributed by atoms with Gasteiger partial charge in [-0.3, -0.25) is 4.90 Å². The Morgan fingerprint density at radius 1 is 1.41 bits per heavy atom. The molecule has 0 spiro atoms. The molecule has 118 valence electrons. The van der Waals surface area contributed by atoms with Gasteiger partial charge in [-0.1, -0.05) is 23.7 Å². The van der Waals surface area contributed by atoms with Crippen LogP contribution in [-0.2, 0) is 11.3 Å². The summed E-state index contributed by atoms with van der Waals surface area (Å²) >= 11 is 6.13. The van der Waals surface area contributed by atoms with E-state index in [1.54, 1.807) is 13.2 Å². The number of nitrogens with zero attached hydrogens (tertiary/aromatic N) is 3. The Hall–Kier alpha value is -1.47. The molecule has 1 aliphatic heterocycles. The fourth-order valence-corrected chi connectivity index (χ4v) is 2.94. The van der Waals surface area contributed by atoms with Crippen molar-refractivity contribution in [3.05, 3.63) is 35.2 Å². The summed E-state index contributed by atoms with van der Waals surface area (Å²) in [5.74, 6) is 0.911. The van der Waals surface area contributed by atoms with Crippen molar-refractivity contribution in [1.82, 2.24) is 15.1 Å². The number of hydrogen-bond donors (Lipinski definition) is 1. The molecule has 1 aromatic carbocycles. The second-order valence-electron chi connectivity index (χ2n) is 5.34. The Morgan fingerprint density at radius 3 is 2.95 bits per heavy atom. The predicted molar refractivity (Wildman–Crippen MR) is 81.4 cm³/mol. The second kappa shape index (κ2) is 6.75. The van der Waals surface area contributed by atoms with Crippen LogP contribution in [0.25, 0.3) is 11.5 Å². The second-order valence-corrected chi connectivity index (χ2v) is 5.75. The van der Waals surface area contributed by atoms with Gasteiger partial charge in [0.2, 0.25) is 11.8 Å². The van der Waals surface area contributed by atoms with Crippen molar-refractivity contribution in [2.24, 2.45) is 0 Å². The van der Waals surface area contributed by atoms with E-state index in [0.717, 1.165) is 18.5 Å². The molecule has 0 aliphatic carbocycles. The van der Waals surface area contributed by atoms with Crippen molar-refractivity contribution in [2.45, 2.75) is 25.1 Å². The Bertz CT molecular complexity index is 634. The number of rotatable bonds is 5. The van der Waals surface area contributed by atoms with Crippen molar-refractivity contribution in [3.8, 4) is 11.5 Å². The quantitative estimate of drug-likeness (QED) is 0.907. The molecule has 2 aromatic rings. The van der Waals surface area contributed by atoms with Crippen molar-refractivity contribution in [1.29, 1.82) is 0 Å². The summed E-state index contributed by atoms with van der Waals surface area (Å²) in [6.45, 7) is 1.32. The minimum absolute atomic E-state index is 0.0561. The third kappa shape index (κ3) is 3.15. The summed E-state index contributed by atoms with van der Waals surface area (Å²) < 4.78 is 11.1. The average Bonchev–Trinajstić information content (AvgIpc) is 3.15. The van der Waals surface area contributed by atoms with Crippen LogP contribution in [0, 0.1) is 0 Å². The molecular formula is C15H18ClN3O3. The molecule has 22 heavy (non-hydrogen) atoms. The lowest BCUT2D eigenvalue weighted by Gasteiger charge is -2.19. The first-order valence-corrected chi connectivity index (χ1v) is 7.54. The molecule has 7 heteroatoms. The monoisotopic (exact) mass is 323 g/mol. The van der Waals surface area contributed by atoms with E-state index in [1.165, 1.54) is 0 Å². The van der Waals surface area contributed by atoms with Gasteiger partial charge in [-0.2, -0.15) is 0 Å². The SMILES string of the molecule is CO[C@H]1C[C@@H](CO)N(Cc2nnc(-c3ccccc3Cl)o2)C1. The molecule has 2 heterocycles. The number of benzene rings is 1. The zero-order valence-electron chi connectivity index (χ0n) is 12.3. The maximum absolute atomic E-state index is 9.47. The number of methoxy groups -OCH3 is 1. The van der Waals surface area contributed by atoms with E-state index in [-0.39, 0.29) is 18.8 Å². The number of likely N-dealkylation sites (tertiary alicyclic amines) is 1. The van der Waals surface area contributed by atoms with Gasteiger partial charge in [-0.25, -0.2) is 0 Å². The molecule has 1 saturated heterocycles. The molecule has 2 atom stereocenters. The fourth-order valence-electron chi connectivity index (χ4n) is 2.73. The molecule has 3 rings (SSSR count). The summed E-state index contributed by atoms with van der Waals surface area (Å²) in [5.41, 5.74) is 0.720. The molecule has 0 radical (unpaired) electrons. The average molecular weight is 324 g/mol. The van der Waals surface area contributed by atoms with Crippen LogP contribution >= 0.6 is 11.6 Å². The lowest BCUT2D eigenvalue weighted by atomic mass is 10.2. The van der Waals surface area contributed by atoms with E-state index >= 15 is 0 Å². The maximum atomic E-state index is 9.47. The standard InChI is InChI=1S/C15H18ClN3O3/c1-21-11-6-10(9-20)19(7-11)8-14-17-18-15(22-14)12-4-2-3-5-13(12)16/h2-5,10-11,20H,6-9H2,1H3/t10-,11-/m0/s1. The molecule has 0 bridgehead atoms. The molecular weight excluding hydrogens is 306 g/mol. The molecule has 1 aliphatic rings. The number of ether oxygens (including phenoxy) is 1. The first-order valence-electron chi connectivity index (χ1n) is 7.16. The molecule has 1 N–H and O–H groups in total. The molecule has 1 aromatic heterocycles. The highest BCUT2D eigenvalue weighted by Gasteiger charge is 2.32. The normalized spacial score (nSPS) is 22.3. The van der Waals surface area contributed by atoms with Gasteiger partial charge in [0, 0.05) is 19.7 Å². The van der Waals surface area contributed by atoms with Crippen LogP contribution in [-0.4, -0.2) is 52.6 Å². The number of aliphatic hydroxyl groups is 1. The Morgan fingerprint density at radius 2 is 2.23 bits per heavy atom. The highest BCUT2D eigenvalue weighted by molar-refractivity contribution is 6.33. The number of halogens is 1. The Balaban J connectivity index is 1.73. The highest BCUT2D eigenvalue weighted by atomic mass is 35.5. The smallest absolute Gasteiger partial charge is 0.249 e. The lowest BCUT2D eigenvalue weighted by Crippen LogP contribution is -2.32. The third-order valence-corrected chi connectivity index (χ3v) is 4.27. The van der Waals surface area contributed by atoms with Crippen molar-refractivity contribution < 1.29 is 14.3 Å². The van der Waals surface area contributed by atoms with E-state index in [4.69, 9.17) is 20.8 Å². The summed E-state index contributed by atoms with van der Waals surface area (Å²) in [6.07, 6.45) is 0.932. The molecule has 1 fully saturated rings. The number of hydrogen-bond acceptors (Lipinski definition) is 6. The zero-order chi connectivity index (χ0) is 15.5. The van der Waals surface area contributed by atoms with E-state index in [0.29, 0.717) is 23.3 Å². The predicted octanol–water partition coefficient (Wildman–Crippen LogP) is 1.97. The summed E-state index contributed by atoms with van der Waals surface area (Å²) in [7, 11) is 1.69. The van der Waals surface area contributed by atoms with E-state index in [2.05, 4.69) is 15.1 Å². The molecule has 0 amide bonds. The van der Waals surface area contributed by atoms with Gasteiger partial charge in [-0.05, 0) is 18.6 Å². The van der Waals surface area contributed by atoms with E-state index in [1.807, 2.05) is 18.2 Å². The maximum Gasteiger partial charge on any atom is 0.249 e. The molecule has 0 saturated carbocycles. The van der Waals surface area contributed by atoms with Crippen molar-refractivity contribution in [2.75, 3.05) is 20.3 Å². The van der Waals surface area contributed by atoms with Crippen LogP contribution in [0.15, 0.2) is 28.7 Å². The van der Waals surface area contributed by atoms with Gasteiger partial charge in [0.05, 0.1) is 29.8 Å². The van der Waals surface area contributed by atoms with Crippen LogP contribution in [0.3, 0.4) is 0 Å². The van der Waals surface area contributed by atoms with E-state index in [9.17, 15) is 5.11 Å². The fraction of sp³-hybridized carbons (Fsp3) is 0.467. The van der Waals surface area contributed by atoms with Gasteiger partial charge in [0.25, 0.3) is 0 Å². The van der Waals surface area contributed by atoms with Gasteiger partial charge >= 0.3 is 0 Å². The van der Waals surface area contributed by atoms with Crippen molar-refractivity contribution in [3.63, 3.8) is 0 Å². The highest BCUT2D eigenvalue weighted by Crippen LogP contribution is 2.27. The van der Waals surface area contributed by atoms with Crippen LogP contribution in [0.4, 0.5) is 0 Å². The molecule has 6 nitrogen and oxygen atoms in total. The first-order chi connectivity index (χ1) is 10.7. The lowest BCUT2D eigenvalue weighted by molar-refractivity contribution is 0.105. The summed E-state index contributed by atoms with van der Waals surface area (Å²) in [5, 5.41) is 18.2. The Kier molecular flexibility index (Phi) is 4.73. The van der Waals surface area contributed by atoms with Gasteiger partial charge < -0.3 is 14.3 Å².